The molecule has 0 radical (unpaired) electrons. The summed E-state index contributed by atoms with van der Waals surface area (Å²) in [4.78, 5) is 10.6. The van der Waals surface area contributed by atoms with Crippen LogP contribution in [0.25, 0.3) is 0 Å². The molecule has 0 unspecified atom stereocenters. The van der Waals surface area contributed by atoms with Crippen LogP contribution in [0.1, 0.15) is 57.5 Å². The lowest BCUT2D eigenvalue weighted by Crippen LogP contribution is -2.33. The average Bonchev–Trinajstić information content (AvgIpc) is 2.53. The molecule has 4 nitrogen and oxygen atoms in total. The molecule has 24 heavy (non-hydrogen) atoms. The molecule has 0 atom stereocenters. The molecule has 4 heteroatoms. The smallest absolute Gasteiger partial charge is 0.234 e. The van der Waals surface area contributed by atoms with Crippen LogP contribution in [0, 0.1) is 16.7 Å². The highest BCUT2D eigenvalue weighted by molar-refractivity contribution is 5.41. The monoisotopic (exact) mass is 322 g/mol. The quantitative estimate of drug-likeness (QED) is 0.812. The van der Waals surface area contributed by atoms with E-state index in [1.807, 2.05) is 12.1 Å². The van der Waals surface area contributed by atoms with Crippen molar-refractivity contribution in [2.45, 2.75) is 47.1 Å². The molecule has 126 valence electrons. The first kappa shape index (κ1) is 17.9. The second-order valence-corrected chi connectivity index (χ2v) is 7.66. The minimum absolute atomic E-state index is 0.121. The van der Waals surface area contributed by atoms with Crippen molar-refractivity contribution in [3.05, 3.63) is 53.5 Å². The van der Waals surface area contributed by atoms with Crippen LogP contribution >= 0.6 is 0 Å². The molecule has 0 saturated carbocycles. The molecule has 0 aliphatic carbocycles. The fraction of sp³-hybridized carbons (Fsp3) is 0.450. The van der Waals surface area contributed by atoms with Crippen LogP contribution in [0.3, 0.4) is 0 Å². The summed E-state index contributed by atoms with van der Waals surface area (Å²) in [5.74, 6) is 1.54. The lowest BCUT2D eigenvalue weighted by Gasteiger charge is -2.31. The Morgan fingerprint density at radius 2 is 1.79 bits per heavy atom. The van der Waals surface area contributed by atoms with Crippen LogP contribution in [0.15, 0.2) is 36.5 Å². The maximum atomic E-state index is 9.06. The molecule has 0 aliphatic rings. The van der Waals surface area contributed by atoms with Gasteiger partial charge in [-0.15, -0.1) is 0 Å². The van der Waals surface area contributed by atoms with Crippen molar-refractivity contribution in [3.63, 3.8) is 0 Å². The topological polar surface area (TPSA) is 52.8 Å². The summed E-state index contributed by atoms with van der Waals surface area (Å²) in [5, 5.41) is 9.06. The van der Waals surface area contributed by atoms with Gasteiger partial charge in [-0.25, -0.2) is 9.97 Å². The molecule has 0 amide bonds. The first-order valence-corrected chi connectivity index (χ1v) is 8.35. The van der Waals surface area contributed by atoms with E-state index in [4.69, 9.17) is 5.26 Å². The van der Waals surface area contributed by atoms with Crippen molar-refractivity contribution >= 4 is 5.82 Å². The highest BCUT2D eigenvalue weighted by Crippen LogP contribution is 2.23. The summed E-state index contributed by atoms with van der Waals surface area (Å²) < 4.78 is 0. The van der Waals surface area contributed by atoms with Crippen molar-refractivity contribution in [1.29, 1.82) is 5.26 Å². The fourth-order valence-corrected chi connectivity index (χ4v) is 2.60. The summed E-state index contributed by atoms with van der Waals surface area (Å²) in [5.41, 5.74) is 2.70. The van der Waals surface area contributed by atoms with Gasteiger partial charge in [-0.2, -0.15) is 5.26 Å². The minimum atomic E-state index is 0.121. The second kappa shape index (κ2) is 7.44. The summed E-state index contributed by atoms with van der Waals surface area (Å²) in [7, 11) is 0. The van der Waals surface area contributed by atoms with Crippen LogP contribution < -0.4 is 4.90 Å². The number of anilines is 1. The Balaban J connectivity index is 2.27. The third-order valence-electron chi connectivity index (χ3n) is 3.75. The number of hydrogen-bond donors (Lipinski definition) is 0. The van der Waals surface area contributed by atoms with Gasteiger partial charge in [-0.3, -0.25) is 0 Å². The molecule has 1 heterocycles. The van der Waals surface area contributed by atoms with E-state index in [0.29, 0.717) is 5.92 Å². The van der Waals surface area contributed by atoms with Crippen LogP contribution in [-0.2, 0) is 6.54 Å². The van der Waals surface area contributed by atoms with Gasteiger partial charge in [0, 0.05) is 19.3 Å². The Morgan fingerprint density at radius 3 is 2.33 bits per heavy atom. The zero-order valence-corrected chi connectivity index (χ0v) is 15.2. The van der Waals surface area contributed by atoms with Crippen LogP contribution in [0.2, 0.25) is 0 Å². The van der Waals surface area contributed by atoms with Crippen LogP contribution in [0.5, 0.6) is 0 Å². The van der Waals surface area contributed by atoms with E-state index in [1.165, 1.54) is 11.1 Å². The molecule has 0 fully saturated rings. The van der Waals surface area contributed by atoms with E-state index < -0.39 is 0 Å². The lowest BCUT2D eigenvalue weighted by atomic mass is 9.95. The zero-order chi connectivity index (χ0) is 17.7. The summed E-state index contributed by atoms with van der Waals surface area (Å²) in [6, 6.07) is 12.6. The molecule has 0 saturated heterocycles. The number of nitriles is 1. The molecular weight excluding hydrogens is 296 g/mol. The second-order valence-electron chi connectivity index (χ2n) is 7.66. The maximum Gasteiger partial charge on any atom is 0.234 e. The molecule has 0 aliphatic heterocycles. The normalized spacial score (nSPS) is 11.4. The van der Waals surface area contributed by atoms with Gasteiger partial charge >= 0.3 is 0 Å². The largest absolute Gasteiger partial charge is 0.352 e. The predicted octanol–water partition coefficient (Wildman–Crippen LogP) is 4.52. The minimum Gasteiger partial charge on any atom is -0.352 e. The summed E-state index contributed by atoms with van der Waals surface area (Å²) in [6.07, 6.45) is 1.65. The van der Waals surface area contributed by atoms with E-state index in [-0.39, 0.29) is 11.2 Å². The Bertz CT molecular complexity index is 706. The first-order chi connectivity index (χ1) is 11.3. The summed E-state index contributed by atoms with van der Waals surface area (Å²) in [6.45, 7) is 12.6. The molecule has 0 spiro atoms. The van der Waals surface area contributed by atoms with Gasteiger partial charge in [0.1, 0.15) is 11.9 Å². The van der Waals surface area contributed by atoms with Gasteiger partial charge < -0.3 is 4.90 Å². The van der Waals surface area contributed by atoms with E-state index in [1.54, 1.807) is 6.20 Å². The highest BCUT2D eigenvalue weighted by atomic mass is 15.2. The molecule has 1 aromatic carbocycles. The number of hydrogen-bond acceptors (Lipinski definition) is 4. The Kier molecular flexibility index (Phi) is 5.56. The Labute approximate surface area is 145 Å². The van der Waals surface area contributed by atoms with Crippen LogP contribution in [-0.4, -0.2) is 16.5 Å². The van der Waals surface area contributed by atoms with Crippen molar-refractivity contribution in [2.75, 3.05) is 11.4 Å². The Morgan fingerprint density at radius 1 is 1.12 bits per heavy atom. The van der Waals surface area contributed by atoms with Gasteiger partial charge in [-0.05, 0) is 28.5 Å². The van der Waals surface area contributed by atoms with Gasteiger partial charge in [-0.1, -0.05) is 58.9 Å². The zero-order valence-electron chi connectivity index (χ0n) is 15.2. The van der Waals surface area contributed by atoms with E-state index in [9.17, 15) is 0 Å². The number of benzene rings is 1. The SMILES string of the molecule is CC(C)c1ccc(CN(CC(C)(C)C)c2ccnc(C#N)n2)cc1. The van der Waals surface area contributed by atoms with Crippen molar-refractivity contribution in [3.8, 4) is 6.07 Å². The molecule has 0 bridgehead atoms. The van der Waals surface area contributed by atoms with Crippen molar-refractivity contribution in [2.24, 2.45) is 5.41 Å². The third-order valence-corrected chi connectivity index (χ3v) is 3.75. The number of aromatic nitrogens is 2. The maximum absolute atomic E-state index is 9.06. The van der Waals surface area contributed by atoms with Gasteiger partial charge in [0.2, 0.25) is 5.82 Å². The Hall–Kier alpha value is -2.41. The number of nitrogens with zero attached hydrogens (tertiary/aromatic N) is 4. The van der Waals surface area contributed by atoms with Crippen molar-refractivity contribution in [1.82, 2.24) is 9.97 Å². The molecule has 1 aromatic heterocycles. The van der Waals surface area contributed by atoms with E-state index in [2.05, 4.69) is 73.8 Å². The highest BCUT2D eigenvalue weighted by Gasteiger charge is 2.19. The van der Waals surface area contributed by atoms with Gasteiger partial charge in [0.25, 0.3) is 0 Å². The first-order valence-electron chi connectivity index (χ1n) is 8.35. The van der Waals surface area contributed by atoms with Gasteiger partial charge in [0.05, 0.1) is 0 Å². The average molecular weight is 322 g/mol. The molecule has 2 aromatic rings. The van der Waals surface area contributed by atoms with E-state index >= 15 is 0 Å². The van der Waals surface area contributed by atoms with Gasteiger partial charge in [0.15, 0.2) is 0 Å². The van der Waals surface area contributed by atoms with Crippen molar-refractivity contribution < 1.29 is 0 Å². The molecule has 0 N–H and O–H groups in total. The van der Waals surface area contributed by atoms with Crippen LogP contribution in [0.4, 0.5) is 5.82 Å². The predicted molar refractivity (Wildman–Crippen MR) is 97.8 cm³/mol. The number of rotatable bonds is 5. The summed E-state index contributed by atoms with van der Waals surface area (Å²) >= 11 is 0. The molecular formula is C20H26N4. The standard InChI is InChI=1S/C20H26N4/c1-15(2)17-8-6-16(7-9-17)13-24(14-20(3,4)5)19-10-11-22-18(12-21)23-19/h6-11,15H,13-14H2,1-5H3. The van der Waals surface area contributed by atoms with E-state index in [0.717, 1.165) is 18.9 Å². The third kappa shape index (κ3) is 5.06. The molecule has 2 rings (SSSR count). The fourth-order valence-electron chi connectivity index (χ4n) is 2.60. The lowest BCUT2D eigenvalue weighted by molar-refractivity contribution is 0.407.